The second-order valence-corrected chi connectivity index (χ2v) is 7.86. The first-order valence-electron chi connectivity index (χ1n) is 9.84. The summed E-state index contributed by atoms with van der Waals surface area (Å²) < 4.78 is 71.4. The fourth-order valence-electron chi connectivity index (χ4n) is 4.11. The Bertz CT molecular complexity index is 757. The molecule has 0 spiro atoms. The minimum Gasteiger partial charge on any atom is -0.491 e. The summed E-state index contributed by atoms with van der Waals surface area (Å²) in [6.07, 6.45) is -0.223. The van der Waals surface area contributed by atoms with Gasteiger partial charge in [0.05, 0.1) is 11.6 Å². The zero-order chi connectivity index (χ0) is 20.6. The lowest BCUT2D eigenvalue weighted by molar-refractivity contribution is -0.137. The minimum absolute atomic E-state index is 0.101. The Hall–Kier alpha value is -1.87. The number of hydrogen-bond donors (Lipinski definition) is 0. The van der Waals surface area contributed by atoms with Gasteiger partial charge in [0.1, 0.15) is 12.4 Å². The SMILES string of the molecule is FC1(F)CCN(CCN2CC=CN2C2COc3ccc(C(F)(F)F)cc3C2)CC1. The molecule has 4 rings (SSSR count). The molecule has 29 heavy (non-hydrogen) atoms. The molecule has 0 amide bonds. The average molecular weight is 417 g/mol. The maximum atomic E-state index is 13.3. The number of nitrogens with zero attached hydrogens (tertiary/aromatic N) is 3. The van der Waals surface area contributed by atoms with Crippen molar-refractivity contribution in [2.75, 3.05) is 39.3 Å². The summed E-state index contributed by atoms with van der Waals surface area (Å²) in [7, 11) is 0. The molecular formula is C20H24F5N3O. The first kappa shape index (κ1) is 20.4. The summed E-state index contributed by atoms with van der Waals surface area (Å²) in [6.45, 7) is 3.19. The summed E-state index contributed by atoms with van der Waals surface area (Å²) >= 11 is 0. The lowest BCUT2D eigenvalue weighted by Crippen LogP contribution is -2.50. The van der Waals surface area contributed by atoms with Crippen LogP contribution in [0.15, 0.2) is 30.5 Å². The maximum absolute atomic E-state index is 13.3. The number of ether oxygens (including phenoxy) is 1. The fraction of sp³-hybridized carbons (Fsp3) is 0.600. The number of rotatable bonds is 4. The largest absolute Gasteiger partial charge is 0.491 e. The van der Waals surface area contributed by atoms with Gasteiger partial charge in [0.2, 0.25) is 0 Å². The molecule has 9 heteroatoms. The topological polar surface area (TPSA) is 19.0 Å². The van der Waals surface area contributed by atoms with Crippen LogP contribution in [0.25, 0.3) is 0 Å². The van der Waals surface area contributed by atoms with E-state index < -0.39 is 17.7 Å². The normalized spacial score (nSPS) is 25.1. The van der Waals surface area contributed by atoms with E-state index >= 15 is 0 Å². The number of benzene rings is 1. The lowest BCUT2D eigenvalue weighted by atomic mass is 10.00. The summed E-state index contributed by atoms with van der Waals surface area (Å²) in [5, 5.41) is 4.11. The molecule has 1 fully saturated rings. The molecule has 1 aromatic carbocycles. The van der Waals surface area contributed by atoms with Crippen LogP contribution in [0.4, 0.5) is 22.0 Å². The van der Waals surface area contributed by atoms with Crippen LogP contribution in [-0.4, -0.2) is 66.2 Å². The number of hydrogen-bond acceptors (Lipinski definition) is 4. The second-order valence-electron chi connectivity index (χ2n) is 7.86. The Morgan fingerprint density at radius 1 is 1.10 bits per heavy atom. The quantitative estimate of drug-likeness (QED) is 0.694. The molecule has 3 aliphatic rings. The van der Waals surface area contributed by atoms with Crippen LogP contribution in [0.2, 0.25) is 0 Å². The molecular weight excluding hydrogens is 393 g/mol. The van der Waals surface area contributed by atoms with Gasteiger partial charge in [-0.3, -0.25) is 0 Å². The third kappa shape index (κ3) is 4.66. The fourth-order valence-corrected chi connectivity index (χ4v) is 4.11. The van der Waals surface area contributed by atoms with Gasteiger partial charge in [0.15, 0.2) is 0 Å². The van der Waals surface area contributed by atoms with Gasteiger partial charge in [-0.1, -0.05) is 6.08 Å². The Balaban J connectivity index is 1.36. The molecule has 3 aliphatic heterocycles. The van der Waals surface area contributed by atoms with Crippen molar-refractivity contribution in [3.05, 3.63) is 41.6 Å². The Kier molecular flexibility index (Phi) is 5.46. The maximum Gasteiger partial charge on any atom is 0.416 e. The van der Waals surface area contributed by atoms with Crippen LogP contribution in [-0.2, 0) is 12.6 Å². The van der Waals surface area contributed by atoms with Crippen LogP contribution in [0, 0.1) is 0 Å². The third-order valence-corrected chi connectivity index (χ3v) is 5.81. The molecule has 160 valence electrons. The van der Waals surface area contributed by atoms with E-state index in [1.54, 1.807) is 0 Å². The molecule has 1 saturated heterocycles. The van der Waals surface area contributed by atoms with Gasteiger partial charge >= 0.3 is 6.18 Å². The summed E-state index contributed by atoms with van der Waals surface area (Å²) in [5.41, 5.74) is -0.120. The highest BCUT2D eigenvalue weighted by atomic mass is 19.4. The van der Waals surface area contributed by atoms with Crippen molar-refractivity contribution < 1.29 is 26.7 Å². The highest BCUT2D eigenvalue weighted by Gasteiger charge is 2.36. The number of alkyl halides is 5. The number of hydrazine groups is 1. The van der Waals surface area contributed by atoms with E-state index in [0.29, 0.717) is 57.1 Å². The van der Waals surface area contributed by atoms with Gasteiger partial charge in [-0.15, -0.1) is 0 Å². The highest BCUT2D eigenvalue weighted by Crippen LogP contribution is 2.35. The molecule has 0 saturated carbocycles. The van der Waals surface area contributed by atoms with Gasteiger partial charge in [-0.25, -0.2) is 13.8 Å². The van der Waals surface area contributed by atoms with Gasteiger partial charge < -0.3 is 14.6 Å². The summed E-state index contributed by atoms with van der Waals surface area (Å²) in [6, 6.07) is 3.50. The van der Waals surface area contributed by atoms with Gasteiger partial charge in [0, 0.05) is 58.2 Å². The van der Waals surface area contributed by atoms with Crippen molar-refractivity contribution in [1.82, 2.24) is 14.9 Å². The Morgan fingerprint density at radius 3 is 2.59 bits per heavy atom. The lowest BCUT2D eigenvalue weighted by Gasteiger charge is -2.40. The molecule has 1 unspecified atom stereocenters. The third-order valence-electron chi connectivity index (χ3n) is 5.81. The van der Waals surface area contributed by atoms with Gasteiger partial charge in [-0.2, -0.15) is 13.2 Å². The van der Waals surface area contributed by atoms with E-state index in [-0.39, 0.29) is 18.9 Å². The Labute approximate surface area is 166 Å². The van der Waals surface area contributed by atoms with Crippen molar-refractivity contribution in [1.29, 1.82) is 0 Å². The first-order valence-corrected chi connectivity index (χ1v) is 9.84. The Morgan fingerprint density at radius 2 is 1.86 bits per heavy atom. The molecule has 0 aromatic heterocycles. The van der Waals surface area contributed by atoms with E-state index in [9.17, 15) is 22.0 Å². The molecule has 0 bridgehead atoms. The van der Waals surface area contributed by atoms with E-state index in [1.165, 1.54) is 12.1 Å². The van der Waals surface area contributed by atoms with Crippen LogP contribution < -0.4 is 4.74 Å². The zero-order valence-electron chi connectivity index (χ0n) is 16.0. The summed E-state index contributed by atoms with van der Waals surface area (Å²) in [5.74, 6) is -2.06. The van der Waals surface area contributed by atoms with Crippen molar-refractivity contribution in [2.45, 2.75) is 37.4 Å². The predicted octanol–water partition coefficient (Wildman–Crippen LogP) is 3.79. The highest BCUT2D eigenvalue weighted by molar-refractivity contribution is 5.40. The summed E-state index contributed by atoms with van der Waals surface area (Å²) in [4.78, 5) is 2.04. The van der Waals surface area contributed by atoms with Crippen LogP contribution >= 0.6 is 0 Å². The van der Waals surface area contributed by atoms with Crippen LogP contribution in [0.5, 0.6) is 5.75 Å². The smallest absolute Gasteiger partial charge is 0.416 e. The number of likely N-dealkylation sites (tertiary alicyclic amines) is 1. The molecule has 0 radical (unpaired) electrons. The monoisotopic (exact) mass is 417 g/mol. The van der Waals surface area contributed by atoms with Crippen molar-refractivity contribution in [3.63, 3.8) is 0 Å². The second kappa shape index (κ2) is 7.75. The number of halogens is 5. The molecule has 1 aromatic rings. The van der Waals surface area contributed by atoms with Crippen molar-refractivity contribution in [2.24, 2.45) is 0 Å². The van der Waals surface area contributed by atoms with Gasteiger partial charge in [0.25, 0.3) is 5.92 Å². The minimum atomic E-state index is -4.38. The molecule has 1 atom stereocenters. The molecule has 0 aliphatic carbocycles. The molecule has 3 heterocycles. The first-order chi connectivity index (χ1) is 13.7. The predicted molar refractivity (Wildman–Crippen MR) is 97.6 cm³/mol. The number of fused-ring (bicyclic) bond motifs is 1. The van der Waals surface area contributed by atoms with E-state index in [4.69, 9.17) is 4.74 Å². The van der Waals surface area contributed by atoms with E-state index in [2.05, 4.69) is 5.01 Å². The molecule has 4 nitrogen and oxygen atoms in total. The number of piperidine rings is 1. The van der Waals surface area contributed by atoms with Crippen molar-refractivity contribution >= 4 is 0 Å². The average Bonchev–Trinajstić information content (AvgIpc) is 3.14. The van der Waals surface area contributed by atoms with E-state index in [0.717, 1.165) is 6.07 Å². The molecule has 0 N–H and O–H groups in total. The van der Waals surface area contributed by atoms with Crippen molar-refractivity contribution in [3.8, 4) is 5.75 Å². The van der Waals surface area contributed by atoms with Crippen LogP contribution in [0.3, 0.4) is 0 Å². The van der Waals surface area contributed by atoms with E-state index in [1.807, 2.05) is 22.2 Å². The van der Waals surface area contributed by atoms with Crippen LogP contribution in [0.1, 0.15) is 24.0 Å². The van der Waals surface area contributed by atoms with Gasteiger partial charge in [-0.05, 0) is 23.8 Å². The standard InChI is InChI=1S/C20H24F5N3O/c21-19(22)4-8-26(9-5-19)10-11-27-6-1-7-28(27)17-13-15-12-16(20(23,24)25)2-3-18(15)29-14-17/h1-3,7,12,17H,4-6,8-11,13-14H2. The zero-order valence-corrected chi connectivity index (χ0v) is 16.0.